The first-order valence-electron chi connectivity index (χ1n) is 8.05. The standard InChI is InChI=1S/C18H17FN4O2/c19-14-5-3-13(4-6-14)10-17(24)23-9-1-2-15(12-23)25-18-16(11-20)21-7-8-22-18/h3-8,15H,1-2,9-10,12H2. The molecule has 128 valence electrons. The van der Waals surface area contributed by atoms with Gasteiger partial charge in [0.2, 0.25) is 11.6 Å². The summed E-state index contributed by atoms with van der Waals surface area (Å²) in [5.74, 6) is -0.151. The normalized spacial score (nSPS) is 17.0. The van der Waals surface area contributed by atoms with Crippen molar-refractivity contribution in [2.75, 3.05) is 13.1 Å². The first kappa shape index (κ1) is 16.8. The Balaban J connectivity index is 1.61. The summed E-state index contributed by atoms with van der Waals surface area (Å²) in [6.07, 6.45) is 4.49. The number of halogens is 1. The van der Waals surface area contributed by atoms with Crippen molar-refractivity contribution >= 4 is 5.91 Å². The van der Waals surface area contributed by atoms with E-state index in [-0.39, 0.29) is 35.8 Å². The second-order valence-electron chi connectivity index (χ2n) is 5.85. The molecule has 7 heteroatoms. The highest BCUT2D eigenvalue weighted by molar-refractivity contribution is 5.78. The molecule has 2 heterocycles. The van der Waals surface area contributed by atoms with Crippen LogP contribution in [0, 0.1) is 17.1 Å². The number of aromatic nitrogens is 2. The summed E-state index contributed by atoms with van der Waals surface area (Å²) < 4.78 is 18.7. The summed E-state index contributed by atoms with van der Waals surface area (Å²) >= 11 is 0. The number of hydrogen-bond acceptors (Lipinski definition) is 5. The van der Waals surface area contributed by atoms with Crippen LogP contribution in [0.2, 0.25) is 0 Å². The average Bonchev–Trinajstić information content (AvgIpc) is 2.64. The second-order valence-corrected chi connectivity index (χ2v) is 5.85. The Morgan fingerprint density at radius 1 is 1.32 bits per heavy atom. The van der Waals surface area contributed by atoms with E-state index in [9.17, 15) is 9.18 Å². The number of carbonyl (C=O) groups excluding carboxylic acids is 1. The summed E-state index contributed by atoms with van der Waals surface area (Å²) in [7, 11) is 0. The van der Waals surface area contributed by atoms with Crippen LogP contribution in [0.1, 0.15) is 24.1 Å². The Hall–Kier alpha value is -3.01. The van der Waals surface area contributed by atoms with Crippen LogP contribution in [0.4, 0.5) is 4.39 Å². The lowest BCUT2D eigenvalue weighted by Gasteiger charge is -2.32. The van der Waals surface area contributed by atoms with Crippen molar-refractivity contribution in [2.24, 2.45) is 0 Å². The highest BCUT2D eigenvalue weighted by Gasteiger charge is 2.26. The molecule has 1 aliphatic rings. The van der Waals surface area contributed by atoms with Crippen molar-refractivity contribution in [1.82, 2.24) is 14.9 Å². The van der Waals surface area contributed by atoms with E-state index in [1.54, 1.807) is 17.0 Å². The zero-order valence-corrected chi connectivity index (χ0v) is 13.6. The quantitative estimate of drug-likeness (QED) is 0.851. The van der Waals surface area contributed by atoms with Crippen LogP contribution in [0.5, 0.6) is 5.88 Å². The molecule has 25 heavy (non-hydrogen) atoms. The third-order valence-electron chi connectivity index (χ3n) is 4.05. The summed E-state index contributed by atoms with van der Waals surface area (Å²) in [5.41, 5.74) is 0.910. The van der Waals surface area contributed by atoms with E-state index in [0.29, 0.717) is 13.1 Å². The van der Waals surface area contributed by atoms with Crippen LogP contribution in [-0.2, 0) is 11.2 Å². The fourth-order valence-electron chi connectivity index (χ4n) is 2.80. The number of rotatable bonds is 4. The van der Waals surface area contributed by atoms with Crippen LogP contribution in [0.3, 0.4) is 0 Å². The molecule has 3 rings (SSSR count). The second kappa shape index (κ2) is 7.71. The number of carbonyl (C=O) groups is 1. The number of amides is 1. The molecule has 1 fully saturated rings. The van der Waals surface area contributed by atoms with E-state index >= 15 is 0 Å². The van der Waals surface area contributed by atoms with Crippen molar-refractivity contribution in [3.8, 4) is 11.9 Å². The number of nitriles is 1. The molecule has 0 aliphatic carbocycles. The van der Waals surface area contributed by atoms with Gasteiger partial charge >= 0.3 is 0 Å². The van der Waals surface area contributed by atoms with Gasteiger partial charge in [-0.15, -0.1) is 0 Å². The van der Waals surface area contributed by atoms with Crippen LogP contribution >= 0.6 is 0 Å². The molecule has 0 bridgehead atoms. The number of piperidine rings is 1. The van der Waals surface area contributed by atoms with Gasteiger partial charge in [-0.05, 0) is 30.5 Å². The van der Waals surface area contributed by atoms with Gasteiger partial charge in [-0.1, -0.05) is 12.1 Å². The zero-order valence-electron chi connectivity index (χ0n) is 13.6. The minimum absolute atomic E-state index is 0.0282. The number of benzene rings is 1. The van der Waals surface area contributed by atoms with E-state index in [2.05, 4.69) is 9.97 Å². The van der Waals surface area contributed by atoms with E-state index in [4.69, 9.17) is 10.00 Å². The van der Waals surface area contributed by atoms with Gasteiger partial charge < -0.3 is 9.64 Å². The van der Waals surface area contributed by atoms with Crippen LogP contribution in [0.15, 0.2) is 36.7 Å². The summed E-state index contributed by atoms with van der Waals surface area (Å²) in [5, 5.41) is 9.05. The van der Waals surface area contributed by atoms with Gasteiger partial charge in [-0.25, -0.2) is 14.4 Å². The molecule has 0 spiro atoms. The Morgan fingerprint density at radius 3 is 2.84 bits per heavy atom. The lowest BCUT2D eigenvalue weighted by molar-refractivity contribution is -0.133. The van der Waals surface area contributed by atoms with Crippen molar-refractivity contribution in [2.45, 2.75) is 25.4 Å². The van der Waals surface area contributed by atoms with Gasteiger partial charge in [-0.2, -0.15) is 5.26 Å². The molecule has 0 saturated carbocycles. The predicted molar refractivity (Wildman–Crippen MR) is 87.1 cm³/mol. The first-order chi connectivity index (χ1) is 12.2. The Morgan fingerprint density at radius 2 is 2.08 bits per heavy atom. The SMILES string of the molecule is N#Cc1nccnc1OC1CCCN(C(=O)Cc2ccc(F)cc2)C1. The first-order valence-corrected chi connectivity index (χ1v) is 8.05. The lowest BCUT2D eigenvalue weighted by atomic mass is 10.1. The highest BCUT2D eigenvalue weighted by atomic mass is 19.1. The lowest BCUT2D eigenvalue weighted by Crippen LogP contribution is -2.45. The molecular weight excluding hydrogens is 323 g/mol. The van der Waals surface area contributed by atoms with E-state index in [1.807, 2.05) is 6.07 Å². The van der Waals surface area contributed by atoms with E-state index in [1.165, 1.54) is 24.5 Å². The molecule has 1 saturated heterocycles. The predicted octanol–water partition coefficient (Wildman–Crippen LogP) is 2.10. The third-order valence-corrected chi connectivity index (χ3v) is 4.05. The molecule has 0 radical (unpaired) electrons. The fourth-order valence-corrected chi connectivity index (χ4v) is 2.80. The van der Waals surface area contributed by atoms with Gasteiger partial charge in [0.05, 0.1) is 13.0 Å². The molecule has 1 atom stereocenters. The molecule has 1 aliphatic heterocycles. The van der Waals surface area contributed by atoms with Crippen LogP contribution in [-0.4, -0.2) is 40.0 Å². The van der Waals surface area contributed by atoms with Crippen molar-refractivity contribution in [1.29, 1.82) is 5.26 Å². The largest absolute Gasteiger partial charge is 0.470 e. The maximum atomic E-state index is 13.0. The monoisotopic (exact) mass is 340 g/mol. The number of likely N-dealkylation sites (tertiary alicyclic amines) is 1. The van der Waals surface area contributed by atoms with E-state index < -0.39 is 0 Å². The molecule has 0 N–H and O–H groups in total. The Labute approximate surface area is 144 Å². The van der Waals surface area contributed by atoms with Crippen LogP contribution < -0.4 is 4.74 Å². The van der Waals surface area contributed by atoms with Gasteiger partial charge in [0.15, 0.2) is 0 Å². The maximum Gasteiger partial charge on any atom is 0.251 e. The van der Waals surface area contributed by atoms with Gasteiger partial charge in [0.1, 0.15) is 18.0 Å². The van der Waals surface area contributed by atoms with Crippen LogP contribution in [0.25, 0.3) is 0 Å². The molecule has 1 unspecified atom stereocenters. The molecule has 1 aromatic carbocycles. The topological polar surface area (TPSA) is 79.1 Å². The number of hydrogen-bond donors (Lipinski definition) is 0. The summed E-state index contributed by atoms with van der Waals surface area (Å²) in [6, 6.07) is 7.88. The van der Waals surface area contributed by atoms with Crippen molar-refractivity contribution < 1.29 is 13.9 Å². The minimum atomic E-state index is -0.320. The summed E-state index contributed by atoms with van der Waals surface area (Å²) in [4.78, 5) is 22.2. The average molecular weight is 340 g/mol. The molecule has 2 aromatic rings. The number of nitrogens with zero attached hydrogens (tertiary/aromatic N) is 4. The smallest absolute Gasteiger partial charge is 0.251 e. The Kier molecular flexibility index (Phi) is 5.19. The third kappa shape index (κ3) is 4.29. The molecule has 6 nitrogen and oxygen atoms in total. The number of ether oxygens (including phenoxy) is 1. The Bertz CT molecular complexity index is 788. The zero-order chi connectivity index (χ0) is 17.6. The molecule has 1 aromatic heterocycles. The maximum absolute atomic E-state index is 13.0. The van der Waals surface area contributed by atoms with Crippen molar-refractivity contribution in [3.63, 3.8) is 0 Å². The minimum Gasteiger partial charge on any atom is -0.470 e. The van der Waals surface area contributed by atoms with E-state index in [0.717, 1.165) is 18.4 Å². The van der Waals surface area contributed by atoms with Gasteiger partial charge in [0.25, 0.3) is 5.88 Å². The van der Waals surface area contributed by atoms with Crippen molar-refractivity contribution in [3.05, 3.63) is 53.7 Å². The van der Waals surface area contributed by atoms with Gasteiger partial charge in [-0.3, -0.25) is 4.79 Å². The van der Waals surface area contributed by atoms with Gasteiger partial charge in [0, 0.05) is 18.9 Å². The highest BCUT2D eigenvalue weighted by Crippen LogP contribution is 2.19. The molecular formula is C18H17FN4O2. The fraction of sp³-hybridized carbons (Fsp3) is 0.333. The summed E-state index contributed by atoms with van der Waals surface area (Å²) in [6.45, 7) is 1.09. The molecule has 1 amide bonds.